The Hall–Kier alpha value is -2.28. The number of hydrogen-bond donors (Lipinski definition) is 2. The van der Waals surface area contributed by atoms with Crippen molar-refractivity contribution >= 4 is 23.2 Å². The van der Waals surface area contributed by atoms with Crippen LogP contribution in [-0.2, 0) is 6.18 Å². The summed E-state index contributed by atoms with van der Waals surface area (Å²) < 4.78 is 37.6. The van der Waals surface area contributed by atoms with Gasteiger partial charge in [0.05, 0.1) is 16.8 Å². The average Bonchev–Trinajstić information content (AvgIpc) is 2.45. The number of anilines is 1. The molecule has 0 aliphatic carbocycles. The largest absolute Gasteiger partial charge is 0.416 e. The molecule has 2 rings (SSSR count). The summed E-state index contributed by atoms with van der Waals surface area (Å²) >= 11 is 5.58. The highest BCUT2D eigenvalue weighted by Crippen LogP contribution is 2.30. The number of nitrogens with one attached hydrogen (secondary N) is 2. The summed E-state index contributed by atoms with van der Waals surface area (Å²) in [7, 11) is 0. The molecule has 0 fully saturated rings. The molecule has 0 aliphatic rings. The molecule has 0 saturated carbocycles. The standard InChI is InChI=1S/C13H9ClF3N3O/c14-11-5-4-8(7-18-11)12(21)20-19-10-3-1-2-9(6-10)13(15,16)17/h1-7,19H,(H,20,21). The molecule has 0 atom stereocenters. The van der Waals surface area contributed by atoms with E-state index in [0.717, 1.165) is 12.1 Å². The Bertz CT molecular complexity index is 644. The van der Waals surface area contributed by atoms with E-state index in [2.05, 4.69) is 15.8 Å². The Morgan fingerprint density at radius 1 is 1.19 bits per heavy atom. The van der Waals surface area contributed by atoms with Crippen LogP contribution >= 0.6 is 11.6 Å². The van der Waals surface area contributed by atoms with Gasteiger partial charge in [0, 0.05) is 6.20 Å². The molecular weight excluding hydrogens is 307 g/mol. The third kappa shape index (κ3) is 4.09. The van der Waals surface area contributed by atoms with E-state index in [9.17, 15) is 18.0 Å². The van der Waals surface area contributed by atoms with Crippen LogP contribution in [-0.4, -0.2) is 10.9 Å². The molecule has 1 aromatic carbocycles. The van der Waals surface area contributed by atoms with Crippen molar-refractivity contribution in [2.75, 3.05) is 5.43 Å². The van der Waals surface area contributed by atoms with Crippen molar-refractivity contribution in [1.82, 2.24) is 10.4 Å². The van der Waals surface area contributed by atoms with Gasteiger partial charge in [0.1, 0.15) is 5.15 Å². The summed E-state index contributed by atoms with van der Waals surface area (Å²) in [5.41, 5.74) is 4.21. The summed E-state index contributed by atoms with van der Waals surface area (Å²) in [4.78, 5) is 15.5. The van der Waals surface area contributed by atoms with Crippen molar-refractivity contribution in [2.45, 2.75) is 6.18 Å². The Morgan fingerprint density at radius 3 is 2.57 bits per heavy atom. The van der Waals surface area contributed by atoms with E-state index in [4.69, 9.17) is 11.6 Å². The second-order valence-corrected chi connectivity index (χ2v) is 4.41. The minimum Gasteiger partial charge on any atom is -0.298 e. The van der Waals surface area contributed by atoms with Gasteiger partial charge in [0.2, 0.25) is 0 Å². The van der Waals surface area contributed by atoms with Crippen LogP contribution in [0.1, 0.15) is 15.9 Å². The molecule has 21 heavy (non-hydrogen) atoms. The average molecular weight is 316 g/mol. The van der Waals surface area contributed by atoms with Gasteiger partial charge in [-0.25, -0.2) is 4.98 Å². The fraction of sp³-hybridized carbons (Fsp3) is 0.0769. The van der Waals surface area contributed by atoms with Gasteiger partial charge in [-0.2, -0.15) is 13.2 Å². The zero-order valence-corrected chi connectivity index (χ0v) is 11.2. The predicted molar refractivity (Wildman–Crippen MR) is 71.8 cm³/mol. The SMILES string of the molecule is O=C(NNc1cccc(C(F)(F)F)c1)c1ccc(Cl)nc1. The highest BCUT2D eigenvalue weighted by Gasteiger charge is 2.30. The van der Waals surface area contributed by atoms with Crippen molar-refractivity contribution in [3.8, 4) is 0 Å². The van der Waals surface area contributed by atoms with Crippen LogP contribution in [0.2, 0.25) is 5.15 Å². The molecule has 0 bridgehead atoms. The first-order valence-corrected chi connectivity index (χ1v) is 6.09. The molecule has 0 radical (unpaired) electrons. The lowest BCUT2D eigenvalue weighted by molar-refractivity contribution is -0.137. The third-order valence-electron chi connectivity index (χ3n) is 2.50. The van der Waals surface area contributed by atoms with Crippen LogP contribution in [0.4, 0.5) is 18.9 Å². The Kier molecular flexibility index (Phi) is 4.32. The lowest BCUT2D eigenvalue weighted by Crippen LogP contribution is -2.29. The molecule has 2 N–H and O–H groups in total. The van der Waals surface area contributed by atoms with Crippen molar-refractivity contribution in [1.29, 1.82) is 0 Å². The molecule has 1 amide bonds. The van der Waals surface area contributed by atoms with E-state index in [1.54, 1.807) is 0 Å². The van der Waals surface area contributed by atoms with E-state index < -0.39 is 17.6 Å². The molecule has 1 aromatic heterocycles. The van der Waals surface area contributed by atoms with Crippen LogP contribution in [0.3, 0.4) is 0 Å². The molecule has 0 spiro atoms. The van der Waals surface area contributed by atoms with Gasteiger partial charge in [-0.15, -0.1) is 0 Å². The summed E-state index contributed by atoms with van der Waals surface area (Å²) in [5, 5.41) is 0.234. The van der Waals surface area contributed by atoms with E-state index in [1.807, 2.05) is 0 Å². The number of carbonyl (C=O) groups excluding carboxylic acids is 1. The Balaban J connectivity index is 2.03. The van der Waals surface area contributed by atoms with Crippen LogP contribution in [0.25, 0.3) is 0 Å². The maximum Gasteiger partial charge on any atom is 0.416 e. The van der Waals surface area contributed by atoms with Gasteiger partial charge in [0.25, 0.3) is 5.91 Å². The maximum atomic E-state index is 12.5. The number of hydrogen-bond acceptors (Lipinski definition) is 3. The first-order valence-electron chi connectivity index (χ1n) is 5.71. The normalized spacial score (nSPS) is 11.0. The smallest absolute Gasteiger partial charge is 0.298 e. The van der Waals surface area contributed by atoms with Gasteiger partial charge in [-0.05, 0) is 30.3 Å². The number of benzene rings is 1. The zero-order valence-electron chi connectivity index (χ0n) is 10.4. The highest BCUT2D eigenvalue weighted by atomic mass is 35.5. The Morgan fingerprint density at radius 2 is 1.95 bits per heavy atom. The third-order valence-corrected chi connectivity index (χ3v) is 2.72. The van der Waals surface area contributed by atoms with E-state index in [1.165, 1.54) is 30.5 Å². The number of rotatable bonds is 3. The molecule has 2 aromatic rings. The van der Waals surface area contributed by atoms with Gasteiger partial charge in [-0.1, -0.05) is 17.7 Å². The van der Waals surface area contributed by atoms with Gasteiger partial charge in [0.15, 0.2) is 0 Å². The first-order chi connectivity index (χ1) is 9.86. The second kappa shape index (κ2) is 6.01. The Labute approximate surface area is 122 Å². The van der Waals surface area contributed by atoms with Crippen molar-refractivity contribution in [2.24, 2.45) is 0 Å². The fourth-order valence-corrected chi connectivity index (χ4v) is 1.60. The lowest BCUT2D eigenvalue weighted by atomic mass is 10.2. The highest BCUT2D eigenvalue weighted by molar-refractivity contribution is 6.29. The summed E-state index contributed by atoms with van der Waals surface area (Å²) in [6.45, 7) is 0. The van der Waals surface area contributed by atoms with Crippen LogP contribution < -0.4 is 10.9 Å². The number of amides is 1. The number of carbonyl (C=O) groups is 1. The van der Waals surface area contributed by atoms with Crippen molar-refractivity contribution < 1.29 is 18.0 Å². The first kappa shape index (κ1) is 15.1. The predicted octanol–water partition coefficient (Wildman–Crippen LogP) is 3.51. The number of nitrogens with zero attached hydrogens (tertiary/aromatic N) is 1. The van der Waals surface area contributed by atoms with Crippen molar-refractivity contribution in [3.05, 3.63) is 58.9 Å². The van der Waals surface area contributed by atoms with Gasteiger partial charge >= 0.3 is 6.18 Å². The second-order valence-electron chi connectivity index (χ2n) is 4.03. The summed E-state index contributed by atoms with van der Waals surface area (Å²) in [6, 6.07) is 7.34. The molecule has 0 saturated heterocycles. The minimum atomic E-state index is -4.44. The minimum absolute atomic E-state index is 0.111. The van der Waals surface area contributed by atoms with Gasteiger partial charge < -0.3 is 0 Å². The molecule has 8 heteroatoms. The number of pyridine rings is 1. The van der Waals surface area contributed by atoms with Crippen LogP contribution in [0.15, 0.2) is 42.6 Å². The summed E-state index contributed by atoms with van der Waals surface area (Å²) in [5.74, 6) is -0.545. The van der Waals surface area contributed by atoms with Crippen LogP contribution in [0.5, 0.6) is 0 Å². The monoisotopic (exact) mass is 315 g/mol. The van der Waals surface area contributed by atoms with E-state index >= 15 is 0 Å². The molecule has 0 aliphatic heterocycles. The number of alkyl halides is 3. The van der Waals surface area contributed by atoms with E-state index in [0.29, 0.717) is 0 Å². The fourth-order valence-electron chi connectivity index (χ4n) is 1.48. The van der Waals surface area contributed by atoms with Crippen LogP contribution in [0, 0.1) is 0 Å². The van der Waals surface area contributed by atoms with E-state index in [-0.39, 0.29) is 16.4 Å². The molecule has 1 heterocycles. The lowest BCUT2D eigenvalue weighted by Gasteiger charge is -2.11. The molecule has 4 nitrogen and oxygen atoms in total. The number of halogens is 4. The molecule has 0 unspecified atom stereocenters. The molecular formula is C13H9ClF3N3O. The number of aromatic nitrogens is 1. The summed E-state index contributed by atoms with van der Waals surface area (Å²) in [6.07, 6.45) is -3.19. The number of hydrazine groups is 1. The molecule has 110 valence electrons. The topological polar surface area (TPSA) is 54.0 Å². The van der Waals surface area contributed by atoms with Gasteiger partial charge in [-0.3, -0.25) is 15.6 Å². The quantitative estimate of drug-likeness (QED) is 0.673. The zero-order chi connectivity index (χ0) is 15.5. The van der Waals surface area contributed by atoms with Crippen molar-refractivity contribution in [3.63, 3.8) is 0 Å². The maximum absolute atomic E-state index is 12.5.